The normalized spacial score (nSPS) is 18.8. The molecule has 2 aliphatic rings. The van der Waals surface area contributed by atoms with E-state index in [-0.39, 0.29) is 28.2 Å². The summed E-state index contributed by atoms with van der Waals surface area (Å²) < 4.78 is 30.8. The first-order valence-corrected chi connectivity index (χ1v) is 14.1. The van der Waals surface area contributed by atoms with Gasteiger partial charge < -0.3 is 0 Å². The maximum atomic E-state index is 13.7. The molecular formula is C26H20ClN3O3S3. The summed E-state index contributed by atoms with van der Waals surface area (Å²) in [5.74, 6) is -0.454. The number of hydrogen-bond donors (Lipinski definition) is 1. The Bertz CT molecular complexity index is 1550. The number of sulfonamides is 1. The highest BCUT2D eigenvalue weighted by molar-refractivity contribution is 8.10. The third kappa shape index (κ3) is 4.88. The van der Waals surface area contributed by atoms with Crippen LogP contribution in [0, 0.1) is 6.92 Å². The van der Waals surface area contributed by atoms with Gasteiger partial charge in [0.25, 0.3) is 10.0 Å². The maximum absolute atomic E-state index is 13.7. The number of thiol groups is 1. The third-order valence-electron chi connectivity index (χ3n) is 5.72. The third-order valence-corrected chi connectivity index (χ3v) is 9.23. The van der Waals surface area contributed by atoms with E-state index in [1.807, 2.05) is 66.7 Å². The van der Waals surface area contributed by atoms with E-state index in [1.165, 1.54) is 28.8 Å². The van der Waals surface area contributed by atoms with Crippen LogP contribution in [0.3, 0.4) is 0 Å². The average Bonchev–Trinajstić information content (AvgIpc) is 3.29. The predicted octanol–water partition coefficient (Wildman–Crippen LogP) is 5.62. The zero-order chi connectivity index (χ0) is 25.4. The molecule has 1 unspecified atom stereocenters. The maximum Gasteiger partial charge on any atom is 0.286 e. The van der Waals surface area contributed by atoms with Gasteiger partial charge in [0.05, 0.1) is 12.3 Å². The van der Waals surface area contributed by atoms with E-state index in [0.29, 0.717) is 16.3 Å². The van der Waals surface area contributed by atoms with Crippen molar-refractivity contribution in [2.24, 2.45) is 9.39 Å². The topological polar surface area (TPSA) is 79.2 Å². The van der Waals surface area contributed by atoms with Crippen LogP contribution < -0.4 is 0 Å². The first-order valence-electron chi connectivity index (χ1n) is 10.9. The lowest BCUT2D eigenvalue weighted by Gasteiger charge is -2.29. The molecule has 3 aromatic rings. The van der Waals surface area contributed by atoms with Crippen LogP contribution in [-0.4, -0.2) is 36.1 Å². The smallest absolute Gasteiger partial charge is 0.274 e. The van der Waals surface area contributed by atoms with Gasteiger partial charge in [-0.2, -0.15) is 8.42 Å². The summed E-state index contributed by atoms with van der Waals surface area (Å²) in [7, 11) is -4.25. The molecule has 0 fully saturated rings. The highest BCUT2D eigenvalue weighted by atomic mass is 35.5. The van der Waals surface area contributed by atoms with Crippen LogP contribution in [0.4, 0.5) is 0 Å². The molecule has 2 heterocycles. The number of carbonyl (C=O) groups excluding carboxylic acids is 1. The van der Waals surface area contributed by atoms with Crippen LogP contribution in [-0.2, 0) is 21.4 Å². The van der Waals surface area contributed by atoms with Crippen molar-refractivity contribution in [3.63, 3.8) is 0 Å². The fourth-order valence-electron chi connectivity index (χ4n) is 3.86. The van der Waals surface area contributed by atoms with Crippen molar-refractivity contribution in [1.29, 1.82) is 0 Å². The van der Waals surface area contributed by atoms with E-state index < -0.39 is 15.3 Å². The van der Waals surface area contributed by atoms with Gasteiger partial charge in [0.2, 0.25) is 11.9 Å². The Balaban J connectivity index is 1.61. The van der Waals surface area contributed by atoms with Gasteiger partial charge in [-0.05, 0) is 41.8 Å². The number of aliphatic imine (C=N–C) groups is 1. The van der Waals surface area contributed by atoms with Crippen LogP contribution in [0.25, 0.3) is 4.91 Å². The highest BCUT2D eigenvalue weighted by Crippen LogP contribution is 2.41. The lowest BCUT2D eigenvalue weighted by atomic mass is 10.1. The van der Waals surface area contributed by atoms with E-state index >= 15 is 0 Å². The standard InChI is InChI=1S/C26H20ClN3O3S3/c1-16-12-23(21(34)13-19(16)27)36(32,33)29-26-28-20-14-22(18-10-6-3-7-11-18)35-24(20)25(31)30(26)15-17-8-4-2-5-9-17/h2-14,24,34H,15H2,1H3/b29-26-. The Morgan fingerprint density at radius 3 is 2.44 bits per heavy atom. The first-order chi connectivity index (χ1) is 17.2. The monoisotopic (exact) mass is 553 g/mol. The van der Waals surface area contributed by atoms with Gasteiger partial charge in [-0.3, -0.25) is 9.69 Å². The number of allylic oxidation sites excluding steroid dienone is 1. The van der Waals surface area contributed by atoms with Crippen molar-refractivity contribution in [2.45, 2.75) is 28.5 Å². The molecule has 3 aromatic carbocycles. The second-order valence-corrected chi connectivity index (χ2v) is 11.9. The summed E-state index contributed by atoms with van der Waals surface area (Å²) in [6, 6.07) is 21.9. The van der Waals surface area contributed by atoms with Crippen LogP contribution in [0.15, 0.2) is 98.1 Å². The molecule has 10 heteroatoms. The second-order valence-electron chi connectivity index (χ2n) is 8.25. The molecule has 0 spiro atoms. The minimum Gasteiger partial charge on any atom is -0.274 e. The first kappa shape index (κ1) is 24.8. The number of fused-ring (bicyclic) bond motifs is 1. The van der Waals surface area contributed by atoms with E-state index in [2.05, 4.69) is 22.0 Å². The summed E-state index contributed by atoms with van der Waals surface area (Å²) in [5.41, 5.74) is 2.83. The molecule has 0 saturated carbocycles. The van der Waals surface area contributed by atoms with Crippen molar-refractivity contribution in [3.8, 4) is 0 Å². The molecule has 36 heavy (non-hydrogen) atoms. The van der Waals surface area contributed by atoms with Crippen molar-refractivity contribution in [1.82, 2.24) is 4.90 Å². The average molecular weight is 554 g/mol. The van der Waals surface area contributed by atoms with E-state index in [1.54, 1.807) is 6.92 Å². The Morgan fingerprint density at radius 1 is 1.08 bits per heavy atom. The van der Waals surface area contributed by atoms with E-state index in [9.17, 15) is 13.2 Å². The highest BCUT2D eigenvalue weighted by Gasteiger charge is 2.41. The molecule has 0 aromatic heterocycles. The largest absolute Gasteiger partial charge is 0.286 e. The molecule has 2 aliphatic heterocycles. The fourth-order valence-corrected chi connectivity index (χ4v) is 6.93. The van der Waals surface area contributed by atoms with Gasteiger partial charge in [-0.1, -0.05) is 72.3 Å². The number of halogens is 1. The number of rotatable bonds is 5. The second kappa shape index (κ2) is 9.89. The van der Waals surface area contributed by atoms with Crippen molar-refractivity contribution >= 4 is 68.5 Å². The number of nitrogens with zero attached hydrogens (tertiary/aromatic N) is 3. The molecule has 0 radical (unpaired) electrons. The molecule has 6 nitrogen and oxygen atoms in total. The molecular weight excluding hydrogens is 534 g/mol. The number of aryl methyl sites for hydroxylation is 1. The molecule has 182 valence electrons. The Labute approximate surface area is 224 Å². The fraction of sp³-hybridized carbons (Fsp3) is 0.115. The zero-order valence-corrected chi connectivity index (χ0v) is 22.3. The van der Waals surface area contributed by atoms with Crippen molar-refractivity contribution in [2.75, 3.05) is 0 Å². The SMILES string of the molecule is Cc1cc(S(=O)(=O)/N=C2/N=C3C=C(c4ccccc4)SC3C(=O)N2Cc2ccccc2)c(S)cc1Cl. The van der Waals surface area contributed by atoms with Crippen LogP contribution >= 0.6 is 36.0 Å². The Morgan fingerprint density at radius 2 is 1.75 bits per heavy atom. The van der Waals surface area contributed by atoms with Crippen LogP contribution in [0.2, 0.25) is 5.02 Å². The van der Waals surface area contributed by atoms with Gasteiger partial charge in [0.15, 0.2) is 0 Å². The van der Waals surface area contributed by atoms with Gasteiger partial charge in [-0.25, -0.2) is 4.99 Å². The zero-order valence-electron chi connectivity index (χ0n) is 19.0. The number of guanidine groups is 1. The minimum absolute atomic E-state index is 0.101. The Kier molecular flexibility index (Phi) is 6.82. The molecule has 5 rings (SSSR count). The Hall–Kier alpha value is -2.85. The summed E-state index contributed by atoms with van der Waals surface area (Å²) >= 11 is 11.8. The van der Waals surface area contributed by atoms with Crippen molar-refractivity contribution in [3.05, 3.63) is 101 Å². The number of hydrogen-bond acceptors (Lipinski definition) is 5. The van der Waals surface area contributed by atoms with Crippen LogP contribution in [0.1, 0.15) is 16.7 Å². The summed E-state index contributed by atoms with van der Waals surface area (Å²) in [4.78, 5) is 20.5. The summed E-state index contributed by atoms with van der Waals surface area (Å²) in [5, 5.41) is -0.182. The number of amides is 1. The number of thioether (sulfide) groups is 1. The van der Waals surface area contributed by atoms with E-state index in [0.717, 1.165) is 16.0 Å². The summed E-state index contributed by atoms with van der Waals surface area (Å²) in [6.45, 7) is 1.83. The van der Waals surface area contributed by atoms with Gasteiger partial charge >= 0.3 is 0 Å². The molecule has 0 bridgehead atoms. The van der Waals surface area contributed by atoms with E-state index in [4.69, 9.17) is 11.6 Å². The predicted molar refractivity (Wildman–Crippen MR) is 148 cm³/mol. The number of carbonyl (C=O) groups is 1. The lowest BCUT2D eigenvalue weighted by Crippen LogP contribution is -2.47. The summed E-state index contributed by atoms with van der Waals surface area (Å²) in [6.07, 6.45) is 1.82. The quantitative estimate of drug-likeness (QED) is 0.416. The minimum atomic E-state index is -4.25. The van der Waals surface area contributed by atoms with Crippen LogP contribution in [0.5, 0.6) is 0 Å². The molecule has 1 atom stereocenters. The van der Waals surface area contributed by atoms with Gasteiger partial charge in [0, 0.05) is 14.8 Å². The molecule has 1 amide bonds. The molecule has 0 aliphatic carbocycles. The van der Waals surface area contributed by atoms with Gasteiger partial charge in [-0.15, -0.1) is 28.8 Å². The van der Waals surface area contributed by atoms with Crippen molar-refractivity contribution < 1.29 is 13.2 Å². The number of benzene rings is 3. The molecule has 0 N–H and O–H groups in total. The molecule has 0 saturated heterocycles. The lowest BCUT2D eigenvalue weighted by molar-refractivity contribution is -0.126. The van der Waals surface area contributed by atoms with Gasteiger partial charge in [0.1, 0.15) is 10.1 Å².